The quantitative estimate of drug-likeness (QED) is 0.810. The number of aromatic nitrogens is 3. The van der Waals surface area contributed by atoms with Gasteiger partial charge in [0.15, 0.2) is 0 Å². The monoisotopic (exact) mass is 271 g/mol. The molecule has 20 heavy (non-hydrogen) atoms. The second kappa shape index (κ2) is 7.43. The van der Waals surface area contributed by atoms with Crippen LogP contribution in [-0.2, 0) is 6.54 Å². The van der Waals surface area contributed by atoms with Crippen molar-refractivity contribution in [1.82, 2.24) is 15.0 Å². The lowest BCUT2D eigenvalue weighted by Gasteiger charge is -2.09. The number of hydrogen-bond acceptors (Lipinski definition) is 5. The Kier molecular flexibility index (Phi) is 5.29. The average Bonchev–Trinajstić information content (AvgIpc) is 2.46. The first-order valence-corrected chi connectivity index (χ1v) is 6.95. The maximum absolute atomic E-state index is 4.42. The van der Waals surface area contributed by atoms with Crippen molar-refractivity contribution in [2.24, 2.45) is 5.92 Å². The van der Waals surface area contributed by atoms with E-state index in [1.807, 2.05) is 24.3 Å². The van der Waals surface area contributed by atoms with Crippen molar-refractivity contribution in [3.63, 3.8) is 0 Å². The van der Waals surface area contributed by atoms with Crippen LogP contribution in [0.15, 0.2) is 36.7 Å². The molecule has 2 rings (SSSR count). The van der Waals surface area contributed by atoms with Crippen LogP contribution >= 0.6 is 0 Å². The molecule has 0 aliphatic heterocycles. The van der Waals surface area contributed by atoms with Gasteiger partial charge in [-0.3, -0.25) is 4.98 Å². The van der Waals surface area contributed by atoms with Gasteiger partial charge < -0.3 is 10.6 Å². The minimum Gasteiger partial charge on any atom is -0.370 e. The molecular weight excluding hydrogens is 250 g/mol. The first-order chi connectivity index (χ1) is 9.74. The summed E-state index contributed by atoms with van der Waals surface area (Å²) in [6.07, 6.45) is 4.66. The van der Waals surface area contributed by atoms with Gasteiger partial charge in [0.05, 0.1) is 12.2 Å². The van der Waals surface area contributed by atoms with E-state index >= 15 is 0 Å². The second-order valence-electron chi connectivity index (χ2n) is 5.05. The molecule has 0 aliphatic carbocycles. The zero-order valence-corrected chi connectivity index (χ0v) is 12.0. The summed E-state index contributed by atoms with van der Waals surface area (Å²) >= 11 is 0. The van der Waals surface area contributed by atoms with Crippen molar-refractivity contribution in [1.29, 1.82) is 0 Å². The predicted octanol–water partition coefficient (Wildman–Crippen LogP) is 2.94. The molecule has 0 bridgehead atoms. The first-order valence-electron chi connectivity index (χ1n) is 6.95. The van der Waals surface area contributed by atoms with E-state index in [2.05, 4.69) is 39.4 Å². The molecule has 0 amide bonds. The molecule has 106 valence electrons. The van der Waals surface area contributed by atoms with Gasteiger partial charge in [-0.05, 0) is 30.5 Å². The zero-order valence-electron chi connectivity index (χ0n) is 12.0. The van der Waals surface area contributed by atoms with Crippen LogP contribution in [0.25, 0.3) is 0 Å². The van der Waals surface area contributed by atoms with Gasteiger partial charge in [-0.15, -0.1) is 0 Å². The van der Waals surface area contributed by atoms with Gasteiger partial charge in [-0.2, -0.15) is 4.98 Å². The number of rotatable bonds is 7. The number of hydrogen-bond donors (Lipinski definition) is 2. The van der Waals surface area contributed by atoms with Crippen molar-refractivity contribution in [2.75, 3.05) is 17.2 Å². The molecule has 0 unspecified atom stereocenters. The Bertz CT molecular complexity index is 513. The van der Waals surface area contributed by atoms with Crippen LogP contribution in [0, 0.1) is 5.92 Å². The summed E-state index contributed by atoms with van der Waals surface area (Å²) in [5, 5.41) is 6.48. The molecule has 0 aromatic carbocycles. The number of anilines is 2. The summed E-state index contributed by atoms with van der Waals surface area (Å²) in [4.78, 5) is 12.9. The summed E-state index contributed by atoms with van der Waals surface area (Å²) in [7, 11) is 0. The minimum absolute atomic E-state index is 0.616. The SMILES string of the molecule is CC(C)CCNc1ccnc(NCc2ccccn2)n1. The highest BCUT2D eigenvalue weighted by atomic mass is 15.1. The molecule has 0 saturated carbocycles. The molecule has 0 saturated heterocycles. The fraction of sp³-hybridized carbons (Fsp3) is 0.400. The molecule has 5 nitrogen and oxygen atoms in total. The highest BCUT2D eigenvalue weighted by molar-refractivity contribution is 5.39. The third-order valence-electron chi connectivity index (χ3n) is 2.84. The van der Waals surface area contributed by atoms with Gasteiger partial charge in [0, 0.05) is 18.9 Å². The van der Waals surface area contributed by atoms with Crippen molar-refractivity contribution in [3.8, 4) is 0 Å². The molecule has 5 heteroatoms. The molecule has 2 heterocycles. The largest absolute Gasteiger partial charge is 0.370 e. The van der Waals surface area contributed by atoms with E-state index < -0.39 is 0 Å². The van der Waals surface area contributed by atoms with Crippen LogP contribution in [0.3, 0.4) is 0 Å². The van der Waals surface area contributed by atoms with E-state index in [1.54, 1.807) is 12.4 Å². The first kappa shape index (κ1) is 14.2. The number of nitrogens with zero attached hydrogens (tertiary/aromatic N) is 3. The van der Waals surface area contributed by atoms with Gasteiger partial charge in [0.25, 0.3) is 0 Å². The fourth-order valence-corrected chi connectivity index (χ4v) is 1.70. The fourth-order valence-electron chi connectivity index (χ4n) is 1.70. The summed E-state index contributed by atoms with van der Waals surface area (Å²) in [6, 6.07) is 7.72. The van der Waals surface area contributed by atoms with Crippen LogP contribution in [0.1, 0.15) is 26.0 Å². The average molecular weight is 271 g/mol. The standard InChI is InChI=1S/C15H21N5/c1-12(2)6-9-17-14-7-10-18-15(20-14)19-11-13-5-3-4-8-16-13/h3-5,7-8,10,12H,6,9,11H2,1-2H3,(H2,17,18,19,20). The maximum Gasteiger partial charge on any atom is 0.224 e. The Morgan fingerprint density at radius 2 is 1.95 bits per heavy atom. The molecule has 0 aliphatic rings. The van der Waals surface area contributed by atoms with E-state index in [0.29, 0.717) is 18.4 Å². The number of nitrogens with one attached hydrogen (secondary N) is 2. The predicted molar refractivity (Wildman–Crippen MR) is 81.5 cm³/mol. The second-order valence-corrected chi connectivity index (χ2v) is 5.05. The highest BCUT2D eigenvalue weighted by Crippen LogP contribution is 2.08. The Labute approximate surface area is 119 Å². The van der Waals surface area contributed by atoms with E-state index in [9.17, 15) is 0 Å². The minimum atomic E-state index is 0.616. The van der Waals surface area contributed by atoms with Crippen LogP contribution in [0.2, 0.25) is 0 Å². The normalized spacial score (nSPS) is 10.6. The van der Waals surface area contributed by atoms with E-state index in [0.717, 1.165) is 24.5 Å². The molecule has 0 fully saturated rings. The molecule has 0 radical (unpaired) electrons. The molecule has 0 atom stereocenters. The van der Waals surface area contributed by atoms with E-state index in [1.165, 1.54) is 0 Å². The highest BCUT2D eigenvalue weighted by Gasteiger charge is 2.00. The van der Waals surface area contributed by atoms with Gasteiger partial charge in [0.1, 0.15) is 5.82 Å². The van der Waals surface area contributed by atoms with Gasteiger partial charge >= 0.3 is 0 Å². The summed E-state index contributed by atoms with van der Waals surface area (Å²) in [6.45, 7) is 5.97. The lowest BCUT2D eigenvalue weighted by molar-refractivity contribution is 0.606. The zero-order chi connectivity index (χ0) is 14.2. The summed E-state index contributed by atoms with van der Waals surface area (Å²) < 4.78 is 0. The lowest BCUT2D eigenvalue weighted by atomic mass is 10.1. The molecule has 2 N–H and O–H groups in total. The molecule has 2 aromatic rings. The van der Waals surface area contributed by atoms with Gasteiger partial charge in [-0.25, -0.2) is 4.98 Å². The maximum atomic E-state index is 4.42. The molecule has 0 spiro atoms. The van der Waals surface area contributed by atoms with Crippen molar-refractivity contribution >= 4 is 11.8 Å². The smallest absolute Gasteiger partial charge is 0.224 e. The molecule has 2 aromatic heterocycles. The Morgan fingerprint density at radius 3 is 2.70 bits per heavy atom. The molecular formula is C15H21N5. The van der Waals surface area contributed by atoms with Crippen molar-refractivity contribution < 1.29 is 0 Å². The van der Waals surface area contributed by atoms with Crippen LogP contribution in [0.4, 0.5) is 11.8 Å². The van der Waals surface area contributed by atoms with E-state index in [4.69, 9.17) is 0 Å². The van der Waals surface area contributed by atoms with Crippen LogP contribution in [-0.4, -0.2) is 21.5 Å². The van der Waals surface area contributed by atoms with Gasteiger partial charge in [-0.1, -0.05) is 19.9 Å². The Hall–Kier alpha value is -2.17. The Morgan fingerprint density at radius 1 is 1.05 bits per heavy atom. The summed E-state index contributed by atoms with van der Waals surface area (Å²) in [5.74, 6) is 2.15. The van der Waals surface area contributed by atoms with Gasteiger partial charge in [0.2, 0.25) is 5.95 Å². The lowest BCUT2D eigenvalue weighted by Crippen LogP contribution is -2.09. The topological polar surface area (TPSA) is 62.7 Å². The third-order valence-corrected chi connectivity index (χ3v) is 2.84. The van der Waals surface area contributed by atoms with Crippen molar-refractivity contribution in [3.05, 3.63) is 42.4 Å². The van der Waals surface area contributed by atoms with Crippen LogP contribution < -0.4 is 10.6 Å². The number of pyridine rings is 1. The Balaban J connectivity index is 1.86. The summed E-state index contributed by atoms with van der Waals surface area (Å²) in [5.41, 5.74) is 0.967. The van der Waals surface area contributed by atoms with Crippen molar-refractivity contribution in [2.45, 2.75) is 26.8 Å². The third kappa shape index (κ3) is 4.84. The van der Waals surface area contributed by atoms with E-state index in [-0.39, 0.29) is 0 Å². The van der Waals surface area contributed by atoms with Crippen LogP contribution in [0.5, 0.6) is 0 Å².